The number of halogens is 3. The number of ether oxygens (including phenoxy) is 1. The Morgan fingerprint density at radius 2 is 2.04 bits per heavy atom. The Morgan fingerprint density at radius 3 is 2.78 bits per heavy atom. The molecule has 0 bridgehead atoms. The summed E-state index contributed by atoms with van der Waals surface area (Å²) in [6.07, 6.45) is 4.10. The first kappa shape index (κ1) is 19.6. The number of nitrogens with zero attached hydrogens (tertiary/aromatic N) is 2. The molecular weight excluding hydrogens is 484 g/mol. The van der Waals surface area contributed by atoms with E-state index in [0.29, 0.717) is 41.9 Å². The molecular formula is C19H16ClFIN3O2. The number of nitrogens with one attached hydrogen (secondary N) is 1. The Hall–Kier alpha value is -2.13. The van der Waals surface area contributed by atoms with Gasteiger partial charge in [-0.3, -0.25) is 4.79 Å². The second-order valence-electron chi connectivity index (χ2n) is 5.69. The Labute approximate surface area is 174 Å². The molecule has 0 radical (unpaired) electrons. The van der Waals surface area contributed by atoms with E-state index in [-0.39, 0.29) is 11.7 Å². The van der Waals surface area contributed by atoms with Crippen molar-refractivity contribution in [2.75, 3.05) is 6.54 Å². The van der Waals surface area contributed by atoms with Crippen LogP contribution in [0.15, 0.2) is 54.9 Å². The summed E-state index contributed by atoms with van der Waals surface area (Å²) in [5, 5.41) is 3.29. The molecule has 140 valence electrons. The van der Waals surface area contributed by atoms with Gasteiger partial charge in [0.1, 0.15) is 11.6 Å². The van der Waals surface area contributed by atoms with Gasteiger partial charge in [-0.05, 0) is 71.5 Å². The molecule has 0 saturated heterocycles. The maximum Gasteiger partial charge on any atom is 0.301 e. The number of aryl methyl sites for hydroxylation is 1. The van der Waals surface area contributed by atoms with Gasteiger partial charge in [0, 0.05) is 29.1 Å². The molecule has 0 spiro atoms. The number of hydrogen-bond acceptors (Lipinski definition) is 3. The van der Waals surface area contributed by atoms with Crippen molar-refractivity contribution >= 4 is 40.1 Å². The molecule has 0 aliphatic carbocycles. The fourth-order valence-corrected chi connectivity index (χ4v) is 3.34. The van der Waals surface area contributed by atoms with Crippen LogP contribution >= 0.6 is 34.2 Å². The number of benzene rings is 2. The van der Waals surface area contributed by atoms with Gasteiger partial charge in [0.15, 0.2) is 0 Å². The Bertz CT molecular complexity index is 931. The molecule has 0 fully saturated rings. The normalized spacial score (nSPS) is 10.6. The quantitative estimate of drug-likeness (QED) is 0.372. The van der Waals surface area contributed by atoms with Crippen molar-refractivity contribution in [3.63, 3.8) is 0 Å². The molecule has 3 rings (SSSR count). The monoisotopic (exact) mass is 499 g/mol. The van der Waals surface area contributed by atoms with E-state index in [1.165, 1.54) is 12.1 Å². The molecule has 1 aromatic heterocycles. The van der Waals surface area contributed by atoms with Gasteiger partial charge in [-0.2, -0.15) is 0 Å². The highest BCUT2D eigenvalue weighted by Crippen LogP contribution is 2.21. The van der Waals surface area contributed by atoms with Gasteiger partial charge in [0.05, 0.1) is 10.6 Å². The molecule has 1 heterocycles. The van der Waals surface area contributed by atoms with Gasteiger partial charge in [0.25, 0.3) is 5.91 Å². The Morgan fingerprint density at radius 1 is 1.26 bits per heavy atom. The number of carbonyl (C=O) groups is 1. The third-order valence-corrected chi connectivity index (χ3v) is 4.72. The van der Waals surface area contributed by atoms with Crippen LogP contribution in [0.5, 0.6) is 11.8 Å². The largest absolute Gasteiger partial charge is 0.426 e. The lowest BCUT2D eigenvalue weighted by Gasteiger charge is -2.10. The van der Waals surface area contributed by atoms with E-state index in [0.717, 1.165) is 3.57 Å². The summed E-state index contributed by atoms with van der Waals surface area (Å²) in [5.74, 6) is -0.0232. The van der Waals surface area contributed by atoms with Crippen molar-refractivity contribution in [2.45, 2.75) is 13.0 Å². The maximum atomic E-state index is 13.0. The molecule has 0 unspecified atom stereocenters. The highest BCUT2D eigenvalue weighted by molar-refractivity contribution is 14.1. The molecule has 5 nitrogen and oxygen atoms in total. The highest BCUT2D eigenvalue weighted by Gasteiger charge is 2.10. The van der Waals surface area contributed by atoms with Crippen LogP contribution in [-0.4, -0.2) is 22.0 Å². The van der Waals surface area contributed by atoms with E-state index in [4.69, 9.17) is 16.3 Å². The zero-order chi connectivity index (χ0) is 19.2. The first-order chi connectivity index (χ1) is 13.0. The molecule has 27 heavy (non-hydrogen) atoms. The van der Waals surface area contributed by atoms with E-state index < -0.39 is 0 Å². The summed E-state index contributed by atoms with van der Waals surface area (Å²) in [7, 11) is 0. The van der Waals surface area contributed by atoms with Crippen LogP contribution in [0.2, 0.25) is 5.02 Å². The SMILES string of the molecule is O=C(NCCCn1ccnc1Oc1ccc(F)cc1)c1ccc(I)cc1Cl. The second kappa shape index (κ2) is 9.18. The minimum atomic E-state index is -0.324. The smallest absolute Gasteiger partial charge is 0.301 e. The number of amides is 1. The molecule has 0 aliphatic rings. The summed E-state index contributed by atoms with van der Waals surface area (Å²) >= 11 is 8.25. The summed E-state index contributed by atoms with van der Waals surface area (Å²) in [6, 6.07) is 11.5. The number of hydrogen-bond donors (Lipinski definition) is 1. The zero-order valence-electron chi connectivity index (χ0n) is 14.2. The van der Waals surface area contributed by atoms with Crippen LogP contribution in [0.25, 0.3) is 0 Å². The molecule has 1 N–H and O–H groups in total. The summed E-state index contributed by atoms with van der Waals surface area (Å²) < 4.78 is 21.4. The topological polar surface area (TPSA) is 56.2 Å². The minimum Gasteiger partial charge on any atom is -0.426 e. The Balaban J connectivity index is 1.50. The second-order valence-corrected chi connectivity index (χ2v) is 7.35. The van der Waals surface area contributed by atoms with Crippen molar-refractivity contribution in [1.82, 2.24) is 14.9 Å². The molecule has 2 aromatic carbocycles. The number of aromatic nitrogens is 2. The van der Waals surface area contributed by atoms with Crippen LogP contribution < -0.4 is 10.1 Å². The van der Waals surface area contributed by atoms with Crippen molar-refractivity contribution in [1.29, 1.82) is 0 Å². The van der Waals surface area contributed by atoms with Crippen molar-refractivity contribution in [3.8, 4) is 11.8 Å². The van der Waals surface area contributed by atoms with Crippen molar-refractivity contribution < 1.29 is 13.9 Å². The lowest BCUT2D eigenvalue weighted by atomic mass is 10.2. The average Bonchev–Trinajstić information content (AvgIpc) is 3.07. The maximum absolute atomic E-state index is 13.0. The van der Waals surface area contributed by atoms with Gasteiger partial charge < -0.3 is 14.6 Å². The third kappa shape index (κ3) is 5.43. The van der Waals surface area contributed by atoms with Gasteiger partial charge in [-0.25, -0.2) is 9.37 Å². The molecule has 1 amide bonds. The van der Waals surface area contributed by atoms with Crippen molar-refractivity contribution in [2.24, 2.45) is 0 Å². The summed E-state index contributed by atoms with van der Waals surface area (Å²) in [5.41, 5.74) is 0.458. The van der Waals surface area contributed by atoms with Crippen LogP contribution in [0, 0.1) is 9.39 Å². The summed E-state index contributed by atoms with van der Waals surface area (Å²) in [6.45, 7) is 1.09. The van der Waals surface area contributed by atoms with Gasteiger partial charge in [0.2, 0.25) is 0 Å². The van der Waals surface area contributed by atoms with E-state index in [1.807, 2.05) is 10.6 Å². The van der Waals surface area contributed by atoms with Gasteiger partial charge in [-0.1, -0.05) is 11.6 Å². The van der Waals surface area contributed by atoms with Crippen LogP contribution in [-0.2, 0) is 6.54 Å². The predicted molar refractivity (Wildman–Crippen MR) is 110 cm³/mol. The van der Waals surface area contributed by atoms with E-state index in [9.17, 15) is 9.18 Å². The lowest BCUT2D eigenvalue weighted by Crippen LogP contribution is -2.25. The van der Waals surface area contributed by atoms with Crippen LogP contribution in [0.1, 0.15) is 16.8 Å². The zero-order valence-corrected chi connectivity index (χ0v) is 17.1. The fourth-order valence-electron chi connectivity index (χ4n) is 2.40. The van der Waals surface area contributed by atoms with Gasteiger partial charge >= 0.3 is 6.01 Å². The molecule has 0 saturated carbocycles. The molecule has 8 heteroatoms. The molecule has 3 aromatic rings. The van der Waals surface area contributed by atoms with E-state index >= 15 is 0 Å². The standard InChI is InChI=1S/C19H16ClFIN3O2/c20-17-12-14(22)4-7-16(17)18(26)23-8-1-10-25-11-9-24-19(25)27-15-5-2-13(21)3-6-15/h2-7,9,11-12H,1,8,10H2,(H,23,26). The number of rotatable bonds is 7. The molecule has 0 aliphatic heterocycles. The lowest BCUT2D eigenvalue weighted by molar-refractivity contribution is 0.0953. The first-order valence-electron chi connectivity index (χ1n) is 8.21. The average molecular weight is 500 g/mol. The minimum absolute atomic E-state index is 0.204. The van der Waals surface area contributed by atoms with Crippen molar-refractivity contribution in [3.05, 3.63) is 74.8 Å². The van der Waals surface area contributed by atoms with Crippen LogP contribution in [0.3, 0.4) is 0 Å². The van der Waals surface area contributed by atoms with E-state index in [2.05, 4.69) is 32.9 Å². The fraction of sp³-hybridized carbons (Fsp3) is 0.158. The number of carbonyl (C=O) groups excluding carboxylic acids is 1. The highest BCUT2D eigenvalue weighted by atomic mass is 127. The summed E-state index contributed by atoms with van der Waals surface area (Å²) in [4.78, 5) is 16.4. The molecule has 0 atom stereocenters. The van der Waals surface area contributed by atoms with E-state index in [1.54, 1.807) is 36.7 Å². The number of imidazole rings is 1. The third-order valence-electron chi connectivity index (χ3n) is 3.74. The first-order valence-corrected chi connectivity index (χ1v) is 9.66. The van der Waals surface area contributed by atoms with Gasteiger partial charge in [-0.15, -0.1) is 0 Å². The van der Waals surface area contributed by atoms with Crippen LogP contribution in [0.4, 0.5) is 4.39 Å². The Kier molecular flexibility index (Phi) is 6.68. The predicted octanol–water partition coefficient (Wildman–Crippen LogP) is 4.89.